The Balaban J connectivity index is 2.17. The van der Waals surface area contributed by atoms with Gasteiger partial charge in [-0.25, -0.2) is 0 Å². The smallest absolute Gasteiger partial charge is 0.256 e. The van der Waals surface area contributed by atoms with Crippen LogP contribution in [-0.4, -0.2) is 31.7 Å². The third-order valence-corrected chi connectivity index (χ3v) is 3.92. The molecule has 1 saturated heterocycles. The van der Waals surface area contributed by atoms with Gasteiger partial charge in [-0.15, -0.1) is 0 Å². The topological polar surface area (TPSA) is 50.4 Å². The van der Waals surface area contributed by atoms with E-state index in [2.05, 4.69) is 10.6 Å². The highest BCUT2D eigenvalue weighted by Crippen LogP contribution is 2.28. The van der Waals surface area contributed by atoms with Crippen molar-refractivity contribution in [2.75, 3.05) is 25.5 Å². The van der Waals surface area contributed by atoms with E-state index in [1.165, 1.54) is 0 Å². The van der Waals surface area contributed by atoms with E-state index in [0.717, 1.165) is 18.7 Å². The lowest BCUT2D eigenvalue weighted by Crippen LogP contribution is -2.51. The molecule has 0 bridgehead atoms. The third kappa shape index (κ3) is 3.08. The van der Waals surface area contributed by atoms with Crippen LogP contribution in [0.25, 0.3) is 0 Å². The average molecular weight is 283 g/mol. The first kappa shape index (κ1) is 14.3. The molecule has 1 fully saturated rings. The molecule has 0 aromatic heterocycles. The quantitative estimate of drug-likeness (QED) is 0.895. The SMILES string of the molecule is COC1(C(=O)Nc2cc(C)ccc2Cl)CCNCC1. The summed E-state index contributed by atoms with van der Waals surface area (Å²) in [5.41, 5.74) is 0.941. The molecule has 1 aliphatic heterocycles. The lowest BCUT2D eigenvalue weighted by Gasteiger charge is -2.34. The Labute approximate surface area is 118 Å². The maximum absolute atomic E-state index is 12.5. The Morgan fingerprint density at radius 2 is 2.11 bits per heavy atom. The second-order valence-electron chi connectivity index (χ2n) is 4.89. The Kier molecular flexibility index (Phi) is 4.45. The number of hydrogen-bond acceptors (Lipinski definition) is 3. The highest BCUT2D eigenvalue weighted by molar-refractivity contribution is 6.33. The van der Waals surface area contributed by atoms with Gasteiger partial charge < -0.3 is 15.4 Å². The number of carbonyl (C=O) groups is 1. The van der Waals surface area contributed by atoms with E-state index in [1.54, 1.807) is 13.2 Å². The number of nitrogens with one attached hydrogen (secondary N) is 2. The van der Waals surface area contributed by atoms with Crippen molar-refractivity contribution in [3.8, 4) is 0 Å². The highest BCUT2D eigenvalue weighted by Gasteiger charge is 2.39. The molecule has 1 aromatic rings. The van der Waals surface area contributed by atoms with Crippen LogP contribution in [0, 0.1) is 6.92 Å². The molecule has 5 heteroatoms. The lowest BCUT2D eigenvalue weighted by molar-refractivity contribution is -0.140. The molecular formula is C14H19ClN2O2. The summed E-state index contributed by atoms with van der Waals surface area (Å²) in [6.07, 6.45) is 1.33. The van der Waals surface area contributed by atoms with Crippen LogP contribution in [0.1, 0.15) is 18.4 Å². The minimum absolute atomic E-state index is 0.121. The number of halogens is 1. The first-order chi connectivity index (χ1) is 9.07. The molecule has 2 N–H and O–H groups in total. The minimum atomic E-state index is -0.752. The third-order valence-electron chi connectivity index (χ3n) is 3.59. The number of hydrogen-bond donors (Lipinski definition) is 2. The summed E-state index contributed by atoms with van der Waals surface area (Å²) >= 11 is 6.10. The van der Waals surface area contributed by atoms with Crippen molar-refractivity contribution in [3.05, 3.63) is 28.8 Å². The first-order valence-corrected chi connectivity index (χ1v) is 6.79. The van der Waals surface area contributed by atoms with Gasteiger partial charge in [0.2, 0.25) is 0 Å². The predicted molar refractivity (Wildman–Crippen MR) is 76.7 cm³/mol. The van der Waals surface area contributed by atoms with Crippen molar-refractivity contribution in [1.29, 1.82) is 0 Å². The second-order valence-corrected chi connectivity index (χ2v) is 5.29. The average Bonchev–Trinajstić information content (AvgIpc) is 2.43. The normalized spacial score (nSPS) is 18.1. The standard InChI is InChI=1S/C14H19ClN2O2/c1-10-3-4-11(15)12(9-10)17-13(18)14(19-2)5-7-16-8-6-14/h3-4,9,16H,5-8H2,1-2H3,(H,17,18). The van der Waals surface area contributed by atoms with Crippen LogP contribution in [0.2, 0.25) is 5.02 Å². The maximum Gasteiger partial charge on any atom is 0.256 e. The van der Waals surface area contributed by atoms with Crippen molar-refractivity contribution in [3.63, 3.8) is 0 Å². The van der Waals surface area contributed by atoms with Crippen LogP contribution in [-0.2, 0) is 9.53 Å². The number of piperidine rings is 1. The van der Waals surface area contributed by atoms with Gasteiger partial charge in [0.15, 0.2) is 0 Å². The fourth-order valence-corrected chi connectivity index (χ4v) is 2.49. The van der Waals surface area contributed by atoms with Crippen molar-refractivity contribution in [1.82, 2.24) is 5.32 Å². The van der Waals surface area contributed by atoms with Crippen LogP contribution in [0.4, 0.5) is 5.69 Å². The van der Waals surface area contributed by atoms with Gasteiger partial charge in [0.05, 0.1) is 10.7 Å². The summed E-state index contributed by atoms with van der Waals surface area (Å²) in [6, 6.07) is 5.56. The van der Waals surface area contributed by atoms with Gasteiger partial charge in [-0.1, -0.05) is 17.7 Å². The maximum atomic E-state index is 12.5. The molecule has 104 valence electrons. The number of amides is 1. The van der Waals surface area contributed by atoms with Gasteiger partial charge in [-0.3, -0.25) is 4.79 Å². The molecule has 0 aliphatic carbocycles. The van der Waals surface area contributed by atoms with Gasteiger partial charge >= 0.3 is 0 Å². The van der Waals surface area contributed by atoms with Gasteiger partial charge in [-0.05, 0) is 50.6 Å². The molecule has 0 unspecified atom stereocenters. The fourth-order valence-electron chi connectivity index (χ4n) is 2.33. The van der Waals surface area contributed by atoms with Crippen LogP contribution < -0.4 is 10.6 Å². The molecule has 2 rings (SSSR count). The van der Waals surface area contributed by atoms with Crippen LogP contribution >= 0.6 is 11.6 Å². The van der Waals surface area contributed by atoms with E-state index in [0.29, 0.717) is 23.6 Å². The van der Waals surface area contributed by atoms with Crippen molar-refractivity contribution < 1.29 is 9.53 Å². The molecule has 19 heavy (non-hydrogen) atoms. The fraction of sp³-hybridized carbons (Fsp3) is 0.500. The molecule has 1 aliphatic rings. The molecule has 0 radical (unpaired) electrons. The number of anilines is 1. The molecular weight excluding hydrogens is 264 g/mol. The Bertz CT molecular complexity index is 471. The first-order valence-electron chi connectivity index (χ1n) is 6.41. The summed E-state index contributed by atoms with van der Waals surface area (Å²) in [5.74, 6) is -0.121. The van der Waals surface area contributed by atoms with E-state index < -0.39 is 5.60 Å². The van der Waals surface area contributed by atoms with Gasteiger partial charge in [0.25, 0.3) is 5.91 Å². The summed E-state index contributed by atoms with van der Waals surface area (Å²) in [6.45, 7) is 3.52. The minimum Gasteiger partial charge on any atom is -0.368 e. The van der Waals surface area contributed by atoms with E-state index in [1.807, 2.05) is 19.1 Å². The van der Waals surface area contributed by atoms with Crippen molar-refractivity contribution in [2.24, 2.45) is 0 Å². The molecule has 4 nitrogen and oxygen atoms in total. The number of methoxy groups -OCH3 is 1. The van der Waals surface area contributed by atoms with E-state index >= 15 is 0 Å². The summed E-state index contributed by atoms with van der Waals surface area (Å²) < 4.78 is 5.49. The van der Waals surface area contributed by atoms with Crippen LogP contribution in [0.5, 0.6) is 0 Å². The van der Waals surface area contributed by atoms with Gasteiger partial charge in [-0.2, -0.15) is 0 Å². The molecule has 0 spiro atoms. The Hall–Kier alpha value is -1.10. The number of carbonyl (C=O) groups excluding carboxylic acids is 1. The number of aryl methyl sites for hydroxylation is 1. The van der Waals surface area contributed by atoms with Crippen LogP contribution in [0.3, 0.4) is 0 Å². The Morgan fingerprint density at radius 3 is 2.74 bits per heavy atom. The lowest BCUT2D eigenvalue weighted by atomic mass is 9.91. The molecule has 0 atom stereocenters. The largest absolute Gasteiger partial charge is 0.368 e. The molecule has 1 heterocycles. The highest BCUT2D eigenvalue weighted by atomic mass is 35.5. The van der Waals surface area contributed by atoms with E-state index in [9.17, 15) is 4.79 Å². The number of ether oxygens (including phenoxy) is 1. The number of rotatable bonds is 3. The molecule has 1 aromatic carbocycles. The van der Waals surface area contributed by atoms with Gasteiger partial charge in [0, 0.05) is 7.11 Å². The Morgan fingerprint density at radius 1 is 1.42 bits per heavy atom. The van der Waals surface area contributed by atoms with Gasteiger partial charge in [0.1, 0.15) is 5.60 Å². The molecule has 1 amide bonds. The predicted octanol–water partition coefficient (Wildman–Crippen LogP) is 2.36. The monoisotopic (exact) mass is 282 g/mol. The van der Waals surface area contributed by atoms with E-state index in [4.69, 9.17) is 16.3 Å². The van der Waals surface area contributed by atoms with Crippen LogP contribution in [0.15, 0.2) is 18.2 Å². The van der Waals surface area contributed by atoms with E-state index in [-0.39, 0.29) is 5.91 Å². The number of benzene rings is 1. The van der Waals surface area contributed by atoms with Crippen molar-refractivity contribution in [2.45, 2.75) is 25.4 Å². The summed E-state index contributed by atoms with van der Waals surface area (Å²) in [5, 5.41) is 6.66. The summed E-state index contributed by atoms with van der Waals surface area (Å²) in [4.78, 5) is 12.5. The zero-order valence-corrected chi connectivity index (χ0v) is 12.0. The molecule has 0 saturated carbocycles. The second kappa shape index (κ2) is 5.90. The van der Waals surface area contributed by atoms with Crippen molar-refractivity contribution >= 4 is 23.2 Å². The zero-order valence-electron chi connectivity index (χ0n) is 11.3. The summed E-state index contributed by atoms with van der Waals surface area (Å²) in [7, 11) is 1.59. The zero-order chi connectivity index (χ0) is 13.9.